The molecular formula is C21H32Br2N2. The third-order valence-corrected chi connectivity index (χ3v) is 4.63. The van der Waals surface area contributed by atoms with Crippen molar-refractivity contribution in [3.8, 4) is 0 Å². The Labute approximate surface area is 174 Å². The van der Waals surface area contributed by atoms with Crippen molar-refractivity contribution >= 4 is 0 Å². The summed E-state index contributed by atoms with van der Waals surface area (Å²) >= 11 is 0. The highest BCUT2D eigenvalue weighted by Gasteiger charge is 2.04. The molecule has 0 radical (unpaired) electrons. The smallest absolute Gasteiger partial charge is 0.178 e. The maximum atomic E-state index is 2.36. The van der Waals surface area contributed by atoms with E-state index >= 15 is 0 Å². The number of hydrogen-bond donors (Lipinski definition) is 0. The molecule has 0 fully saturated rings. The van der Waals surface area contributed by atoms with Crippen molar-refractivity contribution in [3.05, 3.63) is 60.2 Å². The third kappa shape index (κ3) is 9.50. The van der Waals surface area contributed by atoms with Crippen LogP contribution in [0.5, 0.6) is 0 Å². The van der Waals surface area contributed by atoms with Crippen molar-refractivity contribution in [1.29, 1.82) is 0 Å². The predicted molar refractivity (Wildman–Crippen MR) is 95.1 cm³/mol. The standard InChI is InChI=1S/C21H32N2.2BrH/c1-20-14-8-12-18-22(20)16-10-6-4-3-5-7-11-17-23-19-13-9-15-21(23)2;;/h8-9,12-15,18-19H,3-7,10-11,16-17H2,1-2H3;2*1H/q+2;;/p-2. The summed E-state index contributed by atoms with van der Waals surface area (Å²) in [4.78, 5) is 0. The number of nitrogens with zero attached hydrogens (tertiary/aromatic N) is 2. The molecule has 0 N–H and O–H groups in total. The fourth-order valence-electron chi connectivity index (χ4n) is 3.07. The van der Waals surface area contributed by atoms with Gasteiger partial charge in [-0.15, -0.1) is 0 Å². The Morgan fingerprint density at radius 2 is 0.920 bits per heavy atom. The Bertz CT molecular complexity index is 536. The van der Waals surface area contributed by atoms with Crippen molar-refractivity contribution in [2.45, 2.75) is 71.9 Å². The lowest BCUT2D eigenvalue weighted by Gasteiger charge is -2.02. The fraction of sp³-hybridized carbons (Fsp3) is 0.524. The first-order valence-electron chi connectivity index (χ1n) is 9.17. The van der Waals surface area contributed by atoms with E-state index in [2.05, 4.69) is 71.8 Å². The van der Waals surface area contributed by atoms with Crippen molar-refractivity contribution in [3.63, 3.8) is 0 Å². The van der Waals surface area contributed by atoms with E-state index < -0.39 is 0 Å². The van der Waals surface area contributed by atoms with Crippen LogP contribution in [-0.4, -0.2) is 0 Å². The Hall–Kier alpha value is -0.740. The lowest BCUT2D eigenvalue weighted by atomic mass is 10.1. The minimum atomic E-state index is 0. The van der Waals surface area contributed by atoms with Gasteiger partial charge < -0.3 is 34.0 Å². The van der Waals surface area contributed by atoms with E-state index in [4.69, 9.17) is 0 Å². The second-order valence-corrected chi connectivity index (χ2v) is 6.55. The first kappa shape index (κ1) is 24.3. The van der Waals surface area contributed by atoms with Gasteiger partial charge in [-0.3, -0.25) is 0 Å². The SMILES string of the molecule is Cc1cccc[n+]1CCCCCCCCC[n+]1ccccc1C.[Br-].[Br-]. The van der Waals surface area contributed by atoms with Gasteiger partial charge in [0.05, 0.1) is 0 Å². The van der Waals surface area contributed by atoms with E-state index in [9.17, 15) is 0 Å². The second kappa shape index (κ2) is 14.4. The molecule has 4 heteroatoms. The Morgan fingerprint density at radius 1 is 0.560 bits per heavy atom. The molecule has 140 valence electrons. The summed E-state index contributed by atoms with van der Waals surface area (Å²) in [5.74, 6) is 0. The average molecular weight is 472 g/mol. The van der Waals surface area contributed by atoms with Gasteiger partial charge in [-0.1, -0.05) is 31.4 Å². The molecule has 0 bridgehead atoms. The minimum absolute atomic E-state index is 0. The third-order valence-electron chi connectivity index (χ3n) is 4.63. The van der Waals surface area contributed by atoms with Crippen molar-refractivity contribution < 1.29 is 43.1 Å². The molecule has 0 amide bonds. The van der Waals surface area contributed by atoms with Gasteiger partial charge in [0.15, 0.2) is 23.8 Å². The average Bonchev–Trinajstić information content (AvgIpc) is 2.56. The highest BCUT2D eigenvalue weighted by atomic mass is 79.9. The maximum Gasteiger partial charge on any atom is 0.178 e. The van der Waals surface area contributed by atoms with Crippen LogP contribution in [0.2, 0.25) is 0 Å². The molecule has 0 aromatic carbocycles. The molecule has 0 unspecified atom stereocenters. The Morgan fingerprint density at radius 3 is 1.28 bits per heavy atom. The van der Waals surface area contributed by atoms with Gasteiger partial charge in [-0.05, 0) is 12.8 Å². The first-order chi connectivity index (χ1) is 11.3. The molecule has 2 aromatic heterocycles. The summed E-state index contributed by atoms with van der Waals surface area (Å²) in [7, 11) is 0. The van der Waals surface area contributed by atoms with Gasteiger partial charge in [0.1, 0.15) is 13.1 Å². The van der Waals surface area contributed by atoms with Crippen molar-refractivity contribution in [1.82, 2.24) is 0 Å². The zero-order chi connectivity index (χ0) is 16.3. The Balaban J connectivity index is 0.00000288. The summed E-state index contributed by atoms with van der Waals surface area (Å²) in [6.07, 6.45) is 13.8. The van der Waals surface area contributed by atoms with Gasteiger partial charge in [-0.2, -0.15) is 0 Å². The van der Waals surface area contributed by atoms with Crippen LogP contribution in [0.25, 0.3) is 0 Å². The summed E-state index contributed by atoms with van der Waals surface area (Å²) in [6, 6.07) is 12.8. The molecule has 0 saturated carbocycles. The van der Waals surface area contributed by atoms with Crippen LogP contribution in [0.15, 0.2) is 48.8 Å². The second-order valence-electron chi connectivity index (χ2n) is 6.55. The number of unbranched alkanes of at least 4 members (excludes halogenated alkanes) is 6. The number of hydrogen-bond acceptors (Lipinski definition) is 0. The molecule has 2 heterocycles. The van der Waals surface area contributed by atoms with Crippen LogP contribution in [-0.2, 0) is 13.1 Å². The molecule has 0 spiro atoms. The van der Waals surface area contributed by atoms with Crippen molar-refractivity contribution in [2.24, 2.45) is 0 Å². The van der Waals surface area contributed by atoms with Gasteiger partial charge >= 0.3 is 0 Å². The summed E-state index contributed by atoms with van der Waals surface area (Å²) in [6.45, 7) is 6.70. The van der Waals surface area contributed by atoms with E-state index in [1.54, 1.807) is 0 Å². The molecule has 2 nitrogen and oxygen atoms in total. The maximum absolute atomic E-state index is 2.36. The summed E-state index contributed by atoms with van der Waals surface area (Å²) in [5.41, 5.74) is 2.72. The van der Waals surface area contributed by atoms with Crippen LogP contribution in [0.1, 0.15) is 56.3 Å². The molecule has 0 aliphatic rings. The van der Waals surface area contributed by atoms with Gasteiger partial charge in [0, 0.05) is 51.0 Å². The van der Waals surface area contributed by atoms with E-state index in [-0.39, 0.29) is 34.0 Å². The molecule has 2 aromatic rings. The van der Waals surface area contributed by atoms with Gasteiger partial charge in [0.2, 0.25) is 0 Å². The van der Waals surface area contributed by atoms with E-state index in [0.29, 0.717) is 0 Å². The largest absolute Gasteiger partial charge is 1.00 e. The lowest BCUT2D eigenvalue weighted by molar-refractivity contribution is -0.703. The van der Waals surface area contributed by atoms with Gasteiger partial charge in [-0.25, -0.2) is 9.13 Å². The molecule has 2 rings (SSSR count). The quantitative estimate of drug-likeness (QED) is 0.289. The molecule has 0 aliphatic carbocycles. The normalized spacial score (nSPS) is 10.0. The minimum Gasteiger partial charge on any atom is -1.00 e. The molecule has 0 aliphatic heterocycles. The van der Waals surface area contributed by atoms with E-state index in [1.165, 1.54) is 56.3 Å². The van der Waals surface area contributed by atoms with Crippen LogP contribution < -0.4 is 43.1 Å². The number of rotatable bonds is 10. The number of halogens is 2. The topological polar surface area (TPSA) is 7.76 Å². The monoisotopic (exact) mass is 470 g/mol. The summed E-state index contributed by atoms with van der Waals surface area (Å²) in [5, 5.41) is 0. The lowest BCUT2D eigenvalue weighted by Crippen LogP contribution is -3.00. The van der Waals surface area contributed by atoms with Crippen molar-refractivity contribution in [2.75, 3.05) is 0 Å². The van der Waals surface area contributed by atoms with Crippen LogP contribution >= 0.6 is 0 Å². The zero-order valence-electron chi connectivity index (χ0n) is 15.6. The number of aryl methyl sites for hydroxylation is 4. The fourth-order valence-corrected chi connectivity index (χ4v) is 3.07. The number of pyridine rings is 2. The Kier molecular flexibility index (Phi) is 14.0. The van der Waals surface area contributed by atoms with E-state index in [0.717, 1.165) is 13.1 Å². The molecule has 0 atom stereocenters. The number of aromatic nitrogens is 2. The van der Waals surface area contributed by atoms with Crippen LogP contribution in [0.3, 0.4) is 0 Å². The first-order valence-corrected chi connectivity index (χ1v) is 9.17. The van der Waals surface area contributed by atoms with Gasteiger partial charge in [0.25, 0.3) is 0 Å². The highest BCUT2D eigenvalue weighted by molar-refractivity contribution is 4.94. The summed E-state index contributed by atoms with van der Waals surface area (Å²) < 4.78 is 4.72. The zero-order valence-corrected chi connectivity index (χ0v) is 18.8. The predicted octanol–water partition coefficient (Wildman–Crippen LogP) is -1.68. The van der Waals surface area contributed by atoms with Crippen LogP contribution in [0.4, 0.5) is 0 Å². The highest BCUT2D eigenvalue weighted by Crippen LogP contribution is 2.07. The van der Waals surface area contributed by atoms with Crippen LogP contribution in [0, 0.1) is 13.8 Å². The molecule has 0 saturated heterocycles. The molecular weight excluding hydrogens is 440 g/mol. The molecule has 25 heavy (non-hydrogen) atoms. The van der Waals surface area contributed by atoms with E-state index in [1.807, 2.05) is 0 Å².